The maximum Gasteiger partial charge on any atom is 0.309 e. The molecule has 19 heavy (non-hydrogen) atoms. The summed E-state index contributed by atoms with van der Waals surface area (Å²) in [4.78, 5) is 26.9. The Morgan fingerprint density at radius 1 is 1.26 bits per heavy atom. The first-order valence-electron chi connectivity index (χ1n) is 5.83. The van der Waals surface area contributed by atoms with Crippen LogP contribution in [0.15, 0.2) is 30.5 Å². The van der Waals surface area contributed by atoms with Gasteiger partial charge in [0.05, 0.1) is 6.42 Å². The Bertz CT molecular complexity index is 627. The lowest BCUT2D eigenvalue weighted by Crippen LogP contribution is -2.12. The smallest absolute Gasteiger partial charge is 0.309 e. The Hall–Kier alpha value is -2.43. The van der Waals surface area contributed by atoms with Crippen molar-refractivity contribution in [2.75, 3.05) is 0 Å². The minimum atomic E-state index is -0.947. The number of carboxylic acid groups (broad SMARTS) is 1. The van der Waals surface area contributed by atoms with Crippen molar-refractivity contribution in [3.8, 4) is 0 Å². The van der Waals surface area contributed by atoms with E-state index in [0.29, 0.717) is 11.3 Å². The molecule has 0 aliphatic carbocycles. The normalized spacial score (nSPS) is 10.4. The molecule has 1 aromatic carbocycles. The first-order valence-corrected chi connectivity index (χ1v) is 5.83. The van der Waals surface area contributed by atoms with E-state index in [2.05, 4.69) is 4.98 Å². The van der Waals surface area contributed by atoms with Crippen LogP contribution in [0.2, 0.25) is 0 Å². The van der Waals surface area contributed by atoms with E-state index >= 15 is 0 Å². The van der Waals surface area contributed by atoms with Crippen LogP contribution in [0.4, 0.5) is 0 Å². The number of aromatic nitrogens is 2. The molecule has 2 aromatic rings. The average Bonchev–Trinajstić information content (AvgIpc) is 2.70. The lowest BCUT2D eigenvalue weighted by atomic mass is 10.1. The number of aryl methyl sites for hydroxylation is 1. The zero-order chi connectivity index (χ0) is 14.0. The molecule has 1 aromatic heterocycles. The van der Waals surface area contributed by atoms with Gasteiger partial charge in [-0.15, -0.1) is 0 Å². The van der Waals surface area contributed by atoms with Crippen LogP contribution in [-0.2, 0) is 18.3 Å². The predicted octanol–water partition coefficient (Wildman–Crippen LogP) is 1.59. The third-order valence-electron chi connectivity index (χ3n) is 2.93. The van der Waals surface area contributed by atoms with Crippen molar-refractivity contribution < 1.29 is 14.7 Å². The van der Waals surface area contributed by atoms with E-state index in [4.69, 9.17) is 5.11 Å². The minimum absolute atomic E-state index is 0.148. The summed E-state index contributed by atoms with van der Waals surface area (Å²) >= 11 is 0. The average molecular weight is 258 g/mol. The van der Waals surface area contributed by atoms with Gasteiger partial charge in [-0.3, -0.25) is 9.59 Å². The lowest BCUT2D eigenvalue weighted by molar-refractivity contribution is -0.136. The van der Waals surface area contributed by atoms with Crippen LogP contribution in [-0.4, -0.2) is 26.4 Å². The Labute approximate surface area is 110 Å². The largest absolute Gasteiger partial charge is 0.481 e. The van der Waals surface area contributed by atoms with Crippen LogP contribution in [0.5, 0.6) is 0 Å². The monoisotopic (exact) mass is 258 g/mol. The van der Waals surface area contributed by atoms with E-state index in [-0.39, 0.29) is 18.0 Å². The standard InChI is InChI=1S/C14H14N2O3/c1-9-3-5-10(6-4-9)13(19)14-15-8-11(16(14)2)7-12(17)18/h3-6,8H,7H2,1-2H3,(H,17,18). The summed E-state index contributed by atoms with van der Waals surface area (Å²) in [5, 5.41) is 8.76. The third-order valence-corrected chi connectivity index (χ3v) is 2.93. The van der Waals surface area contributed by atoms with E-state index in [0.717, 1.165) is 5.56 Å². The second kappa shape index (κ2) is 5.06. The third kappa shape index (κ3) is 2.70. The van der Waals surface area contributed by atoms with E-state index in [1.807, 2.05) is 19.1 Å². The van der Waals surface area contributed by atoms with Crippen molar-refractivity contribution in [3.63, 3.8) is 0 Å². The van der Waals surface area contributed by atoms with E-state index in [1.54, 1.807) is 19.2 Å². The van der Waals surface area contributed by atoms with Crippen LogP contribution in [0.3, 0.4) is 0 Å². The summed E-state index contributed by atoms with van der Waals surface area (Å²) in [7, 11) is 1.65. The highest BCUT2D eigenvalue weighted by Gasteiger charge is 2.17. The fourth-order valence-corrected chi connectivity index (χ4v) is 1.81. The van der Waals surface area contributed by atoms with Crippen molar-refractivity contribution >= 4 is 11.8 Å². The van der Waals surface area contributed by atoms with Gasteiger partial charge >= 0.3 is 5.97 Å². The first kappa shape index (κ1) is 13.0. The van der Waals surface area contributed by atoms with Crippen LogP contribution >= 0.6 is 0 Å². The fraction of sp³-hybridized carbons (Fsp3) is 0.214. The van der Waals surface area contributed by atoms with E-state index < -0.39 is 5.97 Å². The van der Waals surface area contributed by atoms with Crippen molar-refractivity contribution in [1.82, 2.24) is 9.55 Å². The molecule has 5 nitrogen and oxygen atoms in total. The zero-order valence-electron chi connectivity index (χ0n) is 10.8. The Morgan fingerprint density at radius 3 is 2.47 bits per heavy atom. The van der Waals surface area contributed by atoms with Crippen LogP contribution in [0.25, 0.3) is 0 Å². The summed E-state index contributed by atoms with van der Waals surface area (Å²) in [6, 6.07) is 7.19. The number of imidazole rings is 1. The van der Waals surface area contributed by atoms with Crippen molar-refractivity contribution in [3.05, 3.63) is 53.1 Å². The summed E-state index contributed by atoms with van der Waals surface area (Å²) < 4.78 is 1.52. The molecular weight excluding hydrogens is 244 g/mol. The molecule has 0 bridgehead atoms. The second-order valence-electron chi connectivity index (χ2n) is 4.40. The maximum absolute atomic E-state index is 12.2. The van der Waals surface area contributed by atoms with Gasteiger partial charge in [0.25, 0.3) is 0 Å². The van der Waals surface area contributed by atoms with E-state index in [9.17, 15) is 9.59 Å². The molecule has 0 amide bonds. The van der Waals surface area contributed by atoms with Gasteiger partial charge in [-0.2, -0.15) is 0 Å². The highest BCUT2D eigenvalue weighted by atomic mass is 16.4. The molecule has 0 aliphatic rings. The van der Waals surface area contributed by atoms with Gasteiger partial charge in [0.2, 0.25) is 5.78 Å². The van der Waals surface area contributed by atoms with Gasteiger partial charge in [-0.1, -0.05) is 29.8 Å². The molecule has 0 atom stereocenters. The summed E-state index contributed by atoms with van der Waals surface area (Å²) in [5.74, 6) is -0.906. The summed E-state index contributed by atoms with van der Waals surface area (Å²) in [5.41, 5.74) is 2.12. The number of ketones is 1. The van der Waals surface area contributed by atoms with Gasteiger partial charge in [0, 0.05) is 24.5 Å². The highest BCUT2D eigenvalue weighted by Crippen LogP contribution is 2.11. The molecule has 5 heteroatoms. The number of aliphatic carboxylic acids is 1. The molecule has 0 fully saturated rings. The SMILES string of the molecule is Cc1ccc(C(=O)c2ncc(CC(=O)O)n2C)cc1. The van der Waals surface area contributed by atoms with Crippen LogP contribution < -0.4 is 0 Å². The number of benzene rings is 1. The molecule has 1 N–H and O–H groups in total. The van der Waals surface area contributed by atoms with Gasteiger partial charge in [0.15, 0.2) is 5.82 Å². The van der Waals surface area contributed by atoms with Crippen LogP contribution in [0.1, 0.15) is 27.4 Å². The number of hydrogen-bond acceptors (Lipinski definition) is 3. The lowest BCUT2D eigenvalue weighted by Gasteiger charge is -2.04. The Kier molecular flexibility index (Phi) is 3.46. The molecule has 0 saturated heterocycles. The fourth-order valence-electron chi connectivity index (χ4n) is 1.81. The predicted molar refractivity (Wildman–Crippen MR) is 69.2 cm³/mol. The van der Waals surface area contributed by atoms with Crippen molar-refractivity contribution in [2.45, 2.75) is 13.3 Å². The first-order chi connectivity index (χ1) is 8.99. The summed E-state index contributed by atoms with van der Waals surface area (Å²) in [6.45, 7) is 1.94. The van der Waals surface area contributed by atoms with Gasteiger partial charge < -0.3 is 9.67 Å². The van der Waals surface area contributed by atoms with E-state index in [1.165, 1.54) is 10.8 Å². The maximum atomic E-state index is 12.2. The molecule has 0 unspecified atom stereocenters. The van der Waals surface area contributed by atoms with Gasteiger partial charge in [0.1, 0.15) is 0 Å². The molecule has 0 spiro atoms. The number of nitrogens with zero attached hydrogens (tertiary/aromatic N) is 2. The zero-order valence-corrected chi connectivity index (χ0v) is 10.8. The number of rotatable bonds is 4. The molecule has 0 aliphatic heterocycles. The highest BCUT2D eigenvalue weighted by molar-refractivity contribution is 6.06. The quantitative estimate of drug-likeness (QED) is 0.845. The van der Waals surface area contributed by atoms with Crippen molar-refractivity contribution in [1.29, 1.82) is 0 Å². The molecule has 2 rings (SSSR count). The minimum Gasteiger partial charge on any atom is -0.481 e. The number of carbonyl (C=O) groups excluding carboxylic acids is 1. The molecule has 1 heterocycles. The molecule has 0 radical (unpaired) electrons. The topological polar surface area (TPSA) is 72.2 Å². The number of hydrogen-bond donors (Lipinski definition) is 1. The Morgan fingerprint density at radius 2 is 1.89 bits per heavy atom. The molecule has 98 valence electrons. The Balaban J connectivity index is 2.32. The molecule has 0 saturated carbocycles. The van der Waals surface area contributed by atoms with Crippen LogP contribution in [0, 0.1) is 6.92 Å². The van der Waals surface area contributed by atoms with Gasteiger partial charge in [-0.25, -0.2) is 4.98 Å². The number of carbonyl (C=O) groups is 2. The van der Waals surface area contributed by atoms with Crippen molar-refractivity contribution in [2.24, 2.45) is 7.05 Å². The van der Waals surface area contributed by atoms with Gasteiger partial charge in [-0.05, 0) is 6.92 Å². The second-order valence-corrected chi connectivity index (χ2v) is 4.40. The molecular formula is C14H14N2O3. The number of carboxylic acids is 1. The summed E-state index contributed by atoms with van der Waals surface area (Å²) in [6.07, 6.45) is 1.28.